The molecule has 3 aromatic rings. The number of alkyl carbamates (subject to hydrolysis) is 1. The Morgan fingerprint density at radius 3 is 2.35 bits per heavy atom. The van der Waals surface area contributed by atoms with Gasteiger partial charge in [0.1, 0.15) is 11.6 Å². The maximum absolute atomic E-state index is 12.3. The van der Waals surface area contributed by atoms with Crippen molar-refractivity contribution in [3.8, 4) is 11.1 Å². The Hall–Kier alpha value is -3.72. The summed E-state index contributed by atoms with van der Waals surface area (Å²) < 4.78 is 5.54. The van der Waals surface area contributed by atoms with E-state index in [-0.39, 0.29) is 42.5 Å². The number of rotatable bonds is 8. The number of hydrogen-bond acceptors (Lipinski definition) is 6. The largest absolute Gasteiger partial charge is 0.476 e. The second-order valence-corrected chi connectivity index (χ2v) is 9.40. The van der Waals surface area contributed by atoms with Crippen LogP contribution in [0.15, 0.2) is 53.9 Å². The van der Waals surface area contributed by atoms with Crippen LogP contribution >= 0.6 is 11.3 Å². The molecular formula is C25H23N3O5S. The lowest BCUT2D eigenvalue weighted by Crippen LogP contribution is -2.30. The van der Waals surface area contributed by atoms with E-state index in [0.717, 1.165) is 11.1 Å². The van der Waals surface area contributed by atoms with Gasteiger partial charge in [-0.1, -0.05) is 48.5 Å². The fourth-order valence-electron chi connectivity index (χ4n) is 4.44. The number of aromatic carboxylic acids is 1. The molecule has 2 aliphatic carbocycles. The maximum atomic E-state index is 12.3. The number of aromatic nitrogens is 1. The monoisotopic (exact) mass is 477 g/mol. The number of amides is 2. The molecule has 2 aromatic carbocycles. The Balaban J connectivity index is 1.06. The number of carboxylic acid groups (broad SMARTS) is 1. The number of hydrogen-bond donors (Lipinski definition) is 3. The summed E-state index contributed by atoms with van der Waals surface area (Å²) in [6.07, 6.45) is 0.199. The second kappa shape index (κ2) is 9.26. The van der Waals surface area contributed by atoms with E-state index in [1.54, 1.807) is 0 Å². The summed E-state index contributed by atoms with van der Waals surface area (Å²) in [5.74, 6) is -1.31. The van der Waals surface area contributed by atoms with Gasteiger partial charge in [-0.3, -0.25) is 4.79 Å². The molecule has 3 N–H and O–H groups in total. The molecule has 2 atom stereocenters. The van der Waals surface area contributed by atoms with Gasteiger partial charge in [0.05, 0.1) is 6.54 Å². The van der Waals surface area contributed by atoms with Gasteiger partial charge >= 0.3 is 12.1 Å². The van der Waals surface area contributed by atoms with E-state index in [4.69, 9.17) is 9.84 Å². The molecule has 9 heteroatoms. The van der Waals surface area contributed by atoms with Crippen molar-refractivity contribution in [2.75, 3.05) is 13.2 Å². The van der Waals surface area contributed by atoms with E-state index >= 15 is 0 Å². The molecule has 2 aliphatic rings. The number of ether oxygens (including phenoxy) is 1. The highest BCUT2D eigenvalue weighted by Crippen LogP contribution is 2.44. The molecule has 8 nitrogen and oxygen atoms in total. The van der Waals surface area contributed by atoms with Gasteiger partial charge in [0.15, 0.2) is 5.69 Å². The van der Waals surface area contributed by atoms with Crippen LogP contribution in [-0.4, -0.2) is 41.2 Å². The van der Waals surface area contributed by atoms with Gasteiger partial charge in [0.2, 0.25) is 5.91 Å². The highest BCUT2D eigenvalue weighted by atomic mass is 32.1. The van der Waals surface area contributed by atoms with Crippen molar-refractivity contribution in [1.82, 2.24) is 15.6 Å². The highest BCUT2D eigenvalue weighted by molar-refractivity contribution is 7.09. The number of nitrogens with one attached hydrogen (secondary N) is 2. The third-order valence-corrected chi connectivity index (χ3v) is 7.15. The Labute approximate surface area is 200 Å². The van der Waals surface area contributed by atoms with Crippen molar-refractivity contribution in [1.29, 1.82) is 0 Å². The number of carbonyl (C=O) groups excluding carboxylic acids is 2. The van der Waals surface area contributed by atoms with Crippen LogP contribution in [0.3, 0.4) is 0 Å². The lowest BCUT2D eigenvalue weighted by molar-refractivity contribution is -0.122. The van der Waals surface area contributed by atoms with E-state index in [0.29, 0.717) is 18.0 Å². The molecule has 0 spiro atoms. The highest BCUT2D eigenvalue weighted by Gasteiger charge is 2.43. The maximum Gasteiger partial charge on any atom is 0.407 e. The molecular weight excluding hydrogens is 454 g/mol. The van der Waals surface area contributed by atoms with Crippen LogP contribution < -0.4 is 10.6 Å². The fourth-order valence-corrected chi connectivity index (χ4v) is 5.15. The minimum atomic E-state index is -1.09. The first kappa shape index (κ1) is 22.1. The number of carbonyl (C=O) groups is 3. The minimum Gasteiger partial charge on any atom is -0.476 e. The van der Waals surface area contributed by atoms with E-state index in [2.05, 4.69) is 39.9 Å². The number of benzene rings is 2. The molecule has 0 aliphatic heterocycles. The summed E-state index contributed by atoms with van der Waals surface area (Å²) in [5, 5.41) is 16.5. The van der Waals surface area contributed by atoms with Gasteiger partial charge in [-0.25, -0.2) is 14.6 Å². The molecule has 0 saturated heterocycles. The smallest absolute Gasteiger partial charge is 0.407 e. The predicted molar refractivity (Wildman–Crippen MR) is 126 cm³/mol. The van der Waals surface area contributed by atoms with Gasteiger partial charge in [-0.2, -0.15) is 0 Å². The summed E-state index contributed by atoms with van der Waals surface area (Å²) in [7, 11) is 0. The van der Waals surface area contributed by atoms with Crippen LogP contribution in [-0.2, 0) is 16.1 Å². The number of nitrogens with zero attached hydrogens (tertiary/aromatic N) is 1. The molecule has 174 valence electrons. The molecule has 1 heterocycles. The van der Waals surface area contributed by atoms with Gasteiger partial charge < -0.3 is 20.5 Å². The van der Waals surface area contributed by atoms with Crippen LogP contribution in [0, 0.1) is 11.8 Å². The van der Waals surface area contributed by atoms with Crippen molar-refractivity contribution in [3.63, 3.8) is 0 Å². The standard InChI is InChI=1S/C25H23N3O5S/c29-23(26-11-22-28-21(13-34-22)24(30)31)19-9-14(19)10-27-25(32)33-12-20-17-7-3-1-5-15(17)16-6-2-4-8-18(16)20/h1-8,13-14,19-20H,9-12H2,(H,26,29)(H,27,32)(H,30,31). The Morgan fingerprint density at radius 2 is 1.71 bits per heavy atom. The number of thiazole rings is 1. The molecule has 1 fully saturated rings. The molecule has 0 radical (unpaired) electrons. The molecule has 1 aromatic heterocycles. The lowest BCUT2D eigenvalue weighted by atomic mass is 9.98. The first-order valence-corrected chi connectivity index (χ1v) is 11.9. The predicted octanol–water partition coefficient (Wildman–Crippen LogP) is 3.63. The normalized spacial score (nSPS) is 18.0. The third-order valence-electron chi connectivity index (χ3n) is 6.30. The number of carboxylic acids is 1. The topological polar surface area (TPSA) is 118 Å². The molecule has 34 heavy (non-hydrogen) atoms. The zero-order valence-electron chi connectivity index (χ0n) is 18.2. The first-order chi connectivity index (χ1) is 16.5. The summed E-state index contributed by atoms with van der Waals surface area (Å²) in [6, 6.07) is 16.3. The average molecular weight is 478 g/mol. The van der Waals surface area contributed by atoms with Crippen LogP contribution in [0.4, 0.5) is 4.79 Å². The van der Waals surface area contributed by atoms with E-state index < -0.39 is 12.1 Å². The molecule has 0 bridgehead atoms. The minimum absolute atomic E-state index is 0.00473. The first-order valence-electron chi connectivity index (χ1n) is 11.1. The van der Waals surface area contributed by atoms with Crippen molar-refractivity contribution in [3.05, 3.63) is 75.7 Å². The molecule has 2 unspecified atom stereocenters. The van der Waals surface area contributed by atoms with Gasteiger partial charge in [-0.15, -0.1) is 11.3 Å². The number of fused-ring (bicyclic) bond motifs is 3. The van der Waals surface area contributed by atoms with Gasteiger partial charge in [-0.05, 0) is 34.6 Å². The second-order valence-electron chi connectivity index (χ2n) is 8.46. The summed E-state index contributed by atoms with van der Waals surface area (Å²) >= 11 is 1.19. The van der Waals surface area contributed by atoms with E-state index in [9.17, 15) is 14.4 Å². The van der Waals surface area contributed by atoms with E-state index in [1.807, 2.05) is 24.3 Å². The van der Waals surface area contributed by atoms with Gasteiger partial charge in [0, 0.05) is 23.8 Å². The Kier molecular flexibility index (Phi) is 6.02. The average Bonchev–Trinajstić information content (AvgIpc) is 3.34. The van der Waals surface area contributed by atoms with Crippen LogP contribution in [0.25, 0.3) is 11.1 Å². The van der Waals surface area contributed by atoms with Crippen molar-refractivity contribution < 1.29 is 24.2 Å². The quantitative estimate of drug-likeness (QED) is 0.456. The summed E-state index contributed by atoms with van der Waals surface area (Å²) in [4.78, 5) is 39.5. The zero-order valence-corrected chi connectivity index (χ0v) is 19.0. The van der Waals surface area contributed by atoms with Crippen LogP contribution in [0.2, 0.25) is 0 Å². The molecule has 2 amide bonds. The van der Waals surface area contributed by atoms with Crippen molar-refractivity contribution >= 4 is 29.3 Å². The van der Waals surface area contributed by atoms with Crippen molar-refractivity contribution in [2.45, 2.75) is 18.9 Å². The molecule has 5 rings (SSSR count). The summed E-state index contributed by atoms with van der Waals surface area (Å²) in [5.41, 5.74) is 4.65. The Bertz CT molecular complexity index is 1210. The SMILES string of the molecule is O=C(NCC1CC1C(=O)NCc1nc(C(=O)O)cs1)OCC1c2ccccc2-c2ccccc21. The van der Waals surface area contributed by atoms with Crippen LogP contribution in [0.5, 0.6) is 0 Å². The summed E-state index contributed by atoms with van der Waals surface area (Å²) in [6.45, 7) is 0.815. The van der Waals surface area contributed by atoms with Crippen molar-refractivity contribution in [2.24, 2.45) is 11.8 Å². The van der Waals surface area contributed by atoms with Gasteiger partial charge in [0.25, 0.3) is 0 Å². The zero-order chi connectivity index (χ0) is 23.7. The van der Waals surface area contributed by atoms with E-state index in [1.165, 1.54) is 27.8 Å². The lowest BCUT2D eigenvalue weighted by Gasteiger charge is -2.14. The third kappa shape index (κ3) is 4.51. The van der Waals surface area contributed by atoms with Crippen LogP contribution in [0.1, 0.15) is 39.0 Å². The Morgan fingerprint density at radius 1 is 1.03 bits per heavy atom. The fraction of sp³-hybridized carbons (Fsp3) is 0.280. The molecule has 1 saturated carbocycles.